The van der Waals surface area contributed by atoms with Gasteiger partial charge in [-0.15, -0.1) is 0 Å². The van der Waals surface area contributed by atoms with Gasteiger partial charge in [0, 0.05) is 17.7 Å². The van der Waals surface area contributed by atoms with E-state index >= 15 is 0 Å². The summed E-state index contributed by atoms with van der Waals surface area (Å²) < 4.78 is 12.2. The van der Waals surface area contributed by atoms with Gasteiger partial charge in [-0.25, -0.2) is 0 Å². The number of pyridine rings is 1. The number of nitrogens with zero attached hydrogens (tertiary/aromatic N) is 1. The van der Waals surface area contributed by atoms with E-state index in [9.17, 15) is 0 Å². The molecule has 1 aromatic rings. The lowest BCUT2D eigenvalue weighted by Gasteiger charge is -2.49. The lowest BCUT2D eigenvalue weighted by atomic mass is 9.65. The predicted octanol–water partition coefficient (Wildman–Crippen LogP) is 4.92. The zero-order valence-corrected chi connectivity index (χ0v) is 14.2. The molecule has 0 aliphatic heterocycles. The van der Waals surface area contributed by atoms with Gasteiger partial charge in [0.25, 0.3) is 0 Å². The molecule has 0 saturated heterocycles. The Balaban J connectivity index is 2.38. The second-order valence-corrected chi connectivity index (χ2v) is 6.82. The van der Waals surface area contributed by atoms with Crippen molar-refractivity contribution in [2.24, 2.45) is 5.41 Å². The molecule has 1 aliphatic rings. The Morgan fingerprint density at radius 2 is 1.90 bits per heavy atom. The van der Waals surface area contributed by atoms with Crippen LogP contribution in [0.15, 0.2) is 12.3 Å². The van der Waals surface area contributed by atoms with Gasteiger partial charge in [-0.1, -0.05) is 27.2 Å². The van der Waals surface area contributed by atoms with E-state index in [-0.39, 0.29) is 11.0 Å². The number of aromatic nitrogens is 1. The Morgan fingerprint density at radius 1 is 1.24 bits per heavy atom. The average Bonchev–Trinajstić information content (AvgIpc) is 2.48. The highest BCUT2D eigenvalue weighted by molar-refractivity contribution is 5.42. The van der Waals surface area contributed by atoms with Crippen LogP contribution >= 0.6 is 0 Å². The van der Waals surface area contributed by atoms with Gasteiger partial charge in [0.05, 0.1) is 12.8 Å². The van der Waals surface area contributed by atoms with Crippen LogP contribution in [0, 0.1) is 12.3 Å². The first-order valence-corrected chi connectivity index (χ1v) is 8.14. The van der Waals surface area contributed by atoms with Crippen molar-refractivity contribution in [1.82, 2.24) is 4.98 Å². The van der Waals surface area contributed by atoms with Crippen molar-refractivity contribution in [3.05, 3.63) is 18.0 Å². The standard InChI is InChI=1S/C18H29NO2/c1-6-17(3,4)18(11-8-7-9-12-18)21-15-10-13-19-14(2)16(15)20-5/h10,13H,6-9,11-12H2,1-5H3. The molecule has 3 nitrogen and oxygen atoms in total. The zero-order valence-electron chi connectivity index (χ0n) is 14.2. The third-order valence-electron chi connectivity index (χ3n) is 5.33. The van der Waals surface area contributed by atoms with Crippen LogP contribution in [0.2, 0.25) is 0 Å². The summed E-state index contributed by atoms with van der Waals surface area (Å²) >= 11 is 0. The SMILES string of the molecule is CCC(C)(C)C1(Oc2ccnc(C)c2OC)CCCCC1. The molecular formula is C18H29NO2. The fraction of sp³-hybridized carbons (Fsp3) is 0.722. The van der Waals surface area contributed by atoms with Gasteiger partial charge < -0.3 is 9.47 Å². The third-order valence-corrected chi connectivity index (χ3v) is 5.33. The first-order valence-electron chi connectivity index (χ1n) is 8.14. The molecule has 1 aromatic heterocycles. The van der Waals surface area contributed by atoms with Crippen LogP contribution in [0.25, 0.3) is 0 Å². The Kier molecular flexibility index (Phi) is 4.80. The van der Waals surface area contributed by atoms with E-state index in [1.807, 2.05) is 19.2 Å². The predicted molar refractivity (Wildman–Crippen MR) is 86.0 cm³/mol. The third kappa shape index (κ3) is 3.02. The molecule has 0 amide bonds. The summed E-state index contributed by atoms with van der Waals surface area (Å²) in [6, 6.07) is 1.94. The minimum atomic E-state index is -0.0962. The van der Waals surface area contributed by atoms with Gasteiger partial charge >= 0.3 is 0 Å². The van der Waals surface area contributed by atoms with E-state index in [0.717, 1.165) is 36.5 Å². The minimum Gasteiger partial charge on any atom is -0.491 e. The Hall–Kier alpha value is -1.25. The van der Waals surface area contributed by atoms with Gasteiger partial charge in [-0.3, -0.25) is 4.98 Å². The minimum absolute atomic E-state index is 0.0962. The molecule has 0 unspecified atom stereocenters. The fourth-order valence-corrected chi connectivity index (χ4v) is 3.43. The molecule has 118 valence electrons. The van der Waals surface area contributed by atoms with Crippen molar-refractivity contribution >= 4 is 0 Å². The Labute approximate surface area is 129 Å². The van der Waals surface area contributed by atoms with E-state index in [4.69, 9.17) is 9.47 Å². The highest BCUT2D eigenvalue weighted by Crippen LogP contribution is 2.48. The summed E-state index contributed by atoms with van der Waals surface area (Å²) in [6.07, 6.45) is 8.97. The first-order chi connectivity index (χ1) is 9.96. The summed E-state index contributed by atoms with van der Waals surface area (Å²) in [6.45, 7) is 8.89. The molecule has 1 fully saturated rings. The Bertz CT molecular complexity index is 476. The topological polar surface area (TPSA) is 31.4 Å². The number of hydrogen-bond acceptors (Lipinski definition) is 3. The van der Waals surface area contributed by atoms with E-state index in [2.05, 4.69) is 25.8 Å². The normalized spacial score (nSPS) is 18.3. The molecule has 1 aliphatic carbocycles. The second-order valence-electron chi connectivity index (χ2n) is 6.82. The maximum Gasteiger partial charge on any atom is 0.182 e. The summed E-state index contributed by atoms with van der Waals surface area (Å²) in [4.78, 5) is 4.30. The van der Waals surface area contributed by atoms with Crippen molar-refractivity contribution in [1.29, 1.82) is 0 Å². The fourth-order valence-electron chi connectivity index (χ4n) is 3.43. The molecule has 0 aromatic carbocycles. The van der Waals surface area contributed by atoms with Crippen LogP contribution in [0.1, 0.15) is 65.0 Å². The molecule has 2 rings (SSSR count). The van der Waals surface area contributed by atoms with Crippen LogP contribution < -0.4 is 9.47 Å². The number of rotatable bonds is 5. The lowest BCUT2D eigenvalue weighted by Crippen LogP contribution is -2.50. The van der Waals surface area contributed by atoms with E-state index < -0.39 is 0 Å². The van der Waals surface area contributed by atoms with Gasteiger partial charge in [-0.2, -0.15) is 0 Å². The molecule has 3 heteroatoms. The van der Waals surface area contributed by atoms with Gasteiger partial charge in [0.1, 0.15) is 5.60 Å². The van der Waals surface area contributed by atoms with E-state index in [1.165, 1.54) is 19.3 Å². The number of methoxy groups -OCH3 is 1. The summed E-state index contributed by atoms with van der Waals surface area (Å²) in [5.41, 5.74) is 0.937. The molecule has 0 bridgehead atoms. The van der Waals surface area contributed by atoms with Crippen molar-refractivity contribution in [3.8, 4) is 11.5 Å². The highest BCUT2D eigenvalue weighted by atomic mass is 16.5. The highest BCUT2D eigenvalue weighted by Gasteiger charge is 2.47. The number of aryl methyl sites for hydroxylation is 1. The van der Waals surface area contributed by atoms with E-state index in [1.54, 1.807) is 7.11 Å². The smallest absolute Gasteiger partial charge is 0.182 e. The van der Waals surface area contributed by atoms with Crippen LogP contribution in [0.3, 0.4) is 0 Å². The quantitative estimate of drug-likeness (QED) is 0.772. The lowest BCUT2D eigenvalue weighted by molar-refractivity contribution is -0.0736. The molecule has 1 saturated carbocycles. The van der Waals surface area contributed by atoms with Crippen LogP contribution in [-0.4, -0.2) is 17.7 Å². The van der Waals surface area contributed by atoms with Crippen molar-refractivity contribution in [3.63, 3.8) is 0 Å². The monoisotopic (exact) mass is 291 g/mol. The second kappa shape index (κ2) is 6.25. The molecule has 0 radical (unpaired) electrons. The summed E-state index contributed by atoms with van der Waals surface area (Å²) in [5.74, 6) is 1.61. The van der Waals surface area contributed by atoms with Crippen molar-refractivity contribution < 1.29 is 9.47 Å². The molecule has 0 atom stereocenters. The maximum atomic E-state index is 6.64. The average molecular weight is 291 g/mol. The molecule has 0 N–H and O–H groups in total. The van der Waals surface area contributed by atoms with Gasteiger partial charge in [0.2, 0.25) is 0 Å². The summed E-state index contributed by atoms with van der Waals surface area (Å²) in [5, 5.41) is 0. The maximum absolute atomic E-state index is 6.64. The van der Waals surface area contributed by atoms with Crippen molar-refractivity contribution in [2.75, 3.05) is 7.11 Å². The van der Waals surface area contributed by atoms with Crippen molar-refractivity contribution in [2.45, 2.75) is 71.8 Å². The van der Waals surface area contributed by atoms with Crippen LogP contribution in [0.4, 0.5) is 0 Å². The van der Waals surface area contributed by atoms with E-state index in [0.29, 0.717) is 0 Å². The van der Waals surface area contributed by atoms with Crippen LogP contribution in [-0.2, 0) is 0 Å². The van der Waals surface area contributed by atoms with Crippen LogP contribution in [0.5, 0.6) is 11.5 Å². The number of hydrogen-bond donors (Lipinski definition) is 0. The van der Waals surface area contributed by atoms with Gasteiger partial charge in [-0.05, 0) is 39.0 Å². The van der Waals surface area contributed by atoms with Gasteiger partial charge in [0.15, 0.2) is 11.5 Å². The largest absolute Gasteiger partial charge is 0.491 e. The molecule has 1 heterocycles. The number of ether oxygens (including phenoxy) is 2. The molecular weight excluding hydrogens is 262 g/mol. The first kappa shape index (κ1) is 16.1. The summed E-state index contributed by atoms with van der Waals surface area (Å²) in [7, 11) is 1.69. The zero-order chi connectivity index (χ0) is 15.5. The Morgan fingerprint density at radius 3 is 2.48 bits per heavy atom. The molecule has 0 spiro atoms. The molecule has 21 heavy (non-hydrogen) atoms.